The fourth-order valence-corrected chi connectivity index (χ4v) is 2.35. The van der Waals surface area contributed by atoms with Crippen LogP contribution in [0.4, 0.5) is 0 Å². The second kappa shape index (κ2) is 5.57. The summed E-state index contributed by atoms with van der Waals surface area (Å²) in [5.41, 5.74) is 0.779. The zero-order valence-electron chi connectivity index (χ0n) is 9.08. The van der Waals surface area contributed by atoms with Gasteiger partial charge in [0.25, 0.3) is 0 Å². The van der Waals surface area contributed by atoms with Crippen molar-refractivity contribution >= 4 is 21.7 Å². The second-order valence-corrected chi connectivity index (χ2v) is 4.78. The molecule has 0 unspecified atom stereocenters. The van der Waals surface area contributed by atoms with Gasteiger partial charge in [-0.1, -0.05) is 34.1 Å². The number of Topliss-reactive ketones (excluding diaryl/α,β-unsaturated/α-hetero) is 1. The number of hydrogen-bond donors (Lipinski definition) is 1. The lowest BCUT2D eigenvalue weighted by molar-refractivity contribution is 0.0921. The zero-order chi connectivity index (χ0) is 11.4. The Morgan fingerprint density at radius 3 is 2.69 bits per heavy atom. The third kappa shape index (κ3) is 2.90. The van der Waals surface area contributed by atoms with Crippen LogP contribution in [-0.4, -0.2) is 43.4 Å². The molecule has 1 aromatic carbocycles. The highest BCUT2D eigenvalue weighted by atomic mass is 79.9. The smallest absolute Gasteiger partial charge is 0.177 e. The lowest BCUT2D eigenvalue weighted by Gasteiger charge is -2.26. The van der Waals surface area contributed by atoms with Gasteiger partial charge in [0.15, 0.2) is 5.78 Å². The Morgan fingerprint density at radius 2 is 2.00 bits per heavy atom. The van der Waals surface area contributed by atoms with E-state index in [1.54, 1.807) is 0 Å². The first-order chi connectivity index (χ1) is 7.77. The van der Waals surface area contributed by atoms with Crippen molar-refractivity contribution in [2.45, 2.75) is 0 Å². The third-order valence-electron chi connectivity index (χ3n) is 2.75. The molecule has 0 aliphatic carbocycles. The third-order valence-corrected chi connectivity index (χ3v) is 3.44. The summed E-state index contributed by atoms with van der Waals surface area (Å²) in [6.07, 6.45) is 0. The standard InChI is InChI=1S/C12H15BrN2O/c13-11-4-2-1-3-10(11)12(16)9-15-7-5-14-6-8-15/h1-4,14H,5-9H2. The Kier molecular flexibility index (Phi) is 4.09. The number of piperazine rings is 1. The van der Waals surface area contributed by atoms with Crippen molar-refractivity contribution in [1.82, 2.24) is 10.2 Å². The van der Waals surface area contributed by atoms with Gasteiger partial charge in [-0.25, -0.2) is 0 Å². The Bertz CT molecular complexity index is 375. The maximum atomic E-state index is 12.0. The van der Waals surface area contributed by atoms with Crippen LogP contribution < -0.4 is 5.32 Å². The molecule has 0 aromatic heterocycles. The molecule has 1 saturated heterocycles. The number of rotatable bonds is 3. The number of carbonyl (C=O) groups excluding carboxylic acids is 1. The molecule has 1 fully saturated rings. The minimum Gasteiger partial charge on any atom is -0.314 e. The largest absolute Gasteiger partial charge is 0.314 e. The van der Waals surface area contributed by atoms with Gasteiger partial charge in [-0.2, -0.15) is 0 Å². The van der Waals surface area contributed by atoms with Gasteiger partial charge >= 0.3 is 0 Å². The first kappa shape index (κ1) is 11.8. The molecular weight excluding hydrogens is 268 g/mol. The second-order valence-electron chi connectivity index (χ2n) is 3.93. The van der Waals surface area contributed by atoms with Crippen molar-refractivity contribution < 1.29 is 4.79 Å². The van der Waals surface area contributed by atoms with E-state index in [2.05, 4.69) is 26.1 Å². The minimum atomic E-state index is 0.189. The molecule has 0 saturated carbocycles. The topological polar surface area (TPSA) is 32.3 Å². The summed E-state index contributed by atoms with van der Waals surface area (Å²) >= 11 is 3.41. The summed E-state index contributed by atoms with van der Waals surface area (Å²) in [6.45, 7) is 4.38. The molecule has 1 aromatic rings. The monoisotopic (exact) mass is 282 g/mol. The van der Waals surface area contributed by atoms with Gasteiger partial charge in [-0.15, -0.1) is 0 Å². The summed E-state index contributed by atoms with van der Waals surface area (Å²) in [4.78, 5) is 14.2. The number of nitrogens with zero attached hydrogens (tertiary/aromatic N) is 1. The van der Waals surface area contributed by atoms with Crippen molar-refractivity contribution in [2.75, 3.05) is 32.7 Å². The van der Waals surface area contributed by atoms with E-state index in [1.165, 1.54) is 0 Å². The van der Waals surface area contributed by atoms with E-state index >= 15 is 0 Å². The summed E-state index contributed by atoms with van der Waals surface area (Å²) in [7, 11) is 0. The molecule has 0 radical (unpaired) electrons. The summed E-state index contributed by atoms with van der Waals surface area (Å²) in [5, 5.41) is 3.28. The molecule has 1 heterocycles. The minimum absolute atomic E-state index is 0.189. The molecule has 0 bridgehead atoms. The van der Waals surface area contributed by atoms with E-state index in [4.69, 9.17) is 0 Å². The molecule has 1 N–H and O–H groups in total. The number of halogens is 1. The quantitative estimate of drug-likeness (QED) is 0.854. The fraction of sp³-hybridized carbons (Fsp3) is 0.417. The van der Waals surface area contributed by atoms with Gasteiger partial charge in [0, 0.05) is 36.2 Å². The number of carbonyl (C=O) groups is 1. The first-order valence-corrected chi connectivity index (χ1v) is 6.27. The number of nitrogens with one attached hydrogen (secondary N) is 1. The highest BCUT2D eigenvalue weighted by molar-refractivity contribution is 9.10. The normalized spacial score (nSPS) is 17.3. The Hall–Kier alpha value is -0.710. The van der Waals surface area contributed by atoms with Crippen molar-refractivity contribution in [2.24, 2.45) is 0 Å². The van der Waals surface area contributed by atoms with Crippen LogP contribution in [0.5, 0.6) is 0 Å². The van der Waals surface area contributed by atoms with Gasteiger partial charge in [0.1, 0.15) is 0 Å². The van der Waals surface area contributed by atoms with Crippen LogP contribution in [0, 0.1) is 0 Å². The lowest BCUT2D eigenvalue weighted by atomic mass is 10.1. The maximum absolute atomic E-state index is 12.0. The average Bonchev–Trinajstić information content (AvgIpc) is 2.31. The van der Waals surface area contributed by atoms with E-state index in [0.29, 0.717) is 6.54 Å². The molecule has 3 nitrogen and oxygen atoms in total. The number of benzene rings is 1. The summed E-state index contributed by atoms with van der Waals surface area (Å²) in [5.74, 6) is 0.189. The predicted molar refractivity (Wildman–Crippen MR) is 67.8 cm³/mol. The van der Waals surface area contributed by atoms with Gasteiger partial charge in [-0.05, 0) is 6.07 Å². The molecule has 1 aliphatic rings. The predicted octanol–water partition coefficient (Wildman–Crippen LogP) is 1.54. The number of hydrogen-bond acceptors (Lipinski definition) is 3. The Balaban J connectivity index is 2.00. The molecule has 1 aliphatic heterocycles. The Morgan fingerprint density at radius 1 is 1.31 bits per heavy atom. The average molecular weight is 283 g/mol. The van der Waals surface area contributed by atoms with Crippen molar-refractivity contribution in [3.63, 3.8) is 0 Å². The van der Waals surface area contributed by atoms with Crippen LogP contribution in [0.1, 0.15) is 10.4 Å². The van der Waals surface area contributed by atoms with Gasteiger partial charge in [0.2, 0.25) is 0 Å². The molecule has 0 atom stereocenters. The Labute approximate surface area is 104 Å². The summed E-state index contributed by atoms with van der Waals surface area (Å²) < 4.78 is 0.884. The van der Waals surface area contributed by atoms with Crippen LogP contribution in [-0.2, 0) is 0 Å². The SMILES string of the molecule is O=C(CN1CCNCC1)c1ccccc1Br. The molecule has 2 rings (SSSR count). The highest BCUT2D eigenvalue weighted by Crippen LogP contribution is 2.16. The highest BCUT2D eigenvalue weighted by Gasteiger charge is 2.16. The van der Waals surface area contributed by atoms with E-state index in [-0.39, 0.29) is 5.78 Å². The van der Waals surface area contributed by atoms with Gasteiger partial charge in [0.05, 0.1) is 6.54 Å². The molecule has 0 amide bonds. The van der Waals surface area contributed by atoms with E-state index in [0.717, 1.165) is 36.2 Å². The van der Waals surface area contributed by atoms with E-state index in [1.807, 2.05) is 24.3 Å². The first-order valence-electron chi connectivity index (χ1n) is 5.48. The molecular formula is C12H15BrN2O. The van der Waals surface area contributed by atoms with Crippen LogP contribution >= 0.6 is 15.9 Å². The van der Waals surface area contributed by atoms with Crippen LogP contribution in [0.3, 0.4) is 0 Å². The number of ketones is 1. The molecule has 4 heteroatoms. The van der Waals surface area contributed by atoms with Crippen LogP contribution in [0.2, 0.25) is 0 Å². The molecule has 16 heavy (non-hydrogen) atoms. The van der Waals surface area contributed by atoms with Gasteiger partial charge in [-0.3, -0.25) is 9.69 Å². The lowest BCUT2D eigenvalue weighted by Crippen LogP contribution is -2.45. The van der Waals surface area contributed by atoms with Gasteiger partial charge < -0.3 is 5.32 Å². The maximum Gasteiger partial charge on any atom is 0.177 e. The fourth-order valence-electron chi connectivity index (χ4n) is 1.84. The molecule has 86 valence electrons. The van der Waals surface area contributed by atoms with E-state index < -0.39 is 0 Å². The molecule has 0 spiro atoms. The van der Waals surface area contributed by atoms with Crippen LogP contribution in [0.15, 0.2) is 28.7 Å². The van der Waals surface area contributed by atoms with E-state index in [9.17, 15) is 4.79 Å². The van der Waals surface area contributed by atoms with Crippen LogP contribution in [0.25, 0.3) is 0 Å². The zero-order valence-corrected chi connectivity index (χ0v) is 10.7. The van der Waals surface area contributed by atoms with Crippen molar-refractivity contribution in [3.8, 4) is 0 Å². The van der Waals surface area contributed by atoms with Crippen molar-refractivity contribution in [3.05, 3.63) is 34.3 Å². The van der Waals surface area contributed by atoms with Crippen molar-refractivity contribution in [1.29, 1.82) is 0 Å². The summed E-state index contributed by atoms with van der Waals surface area (Å²) in [6, 6.07) is 7.60.